The molecule has 0 aromatic heterocycles. The van der Waals surface area contributed by atoms with Crippen molar-refractivity contribution in [2.24, 2.45) is 5.92 Å². The summed E-state index contributed by atoms with van der Waals surface area (Å²) >= 11 is 0. The van der Waals surface area contributed by atoms with Crippen LogP contribution < -0.4 is 5.32 Å². The van der Waals surface area contributed by atoms with E-state index >= 15 is 0 Å². The highest BCUT2D eigenvalue weighted by atomic mass is 16.5. The molecule has 1 saturated heterocycles. The Balaban J connectivity index is 2.07. The van der Waals surface area contributed by atoms with Crippen LogP contribution in [0.3, 0.4) is 0 Å². The van der Waals surface area contributed by atoms with Crippen molar-refractivity contribution in [2.75, 3.05) is 11.9 Å². The predicted molar refractivity (Wildman–Crippen MR) is 64.1 cm³/mol. The Morgan fingerprint density at radius 3 is 2.44 bits per heavy atom. The Kier molecular flexibility index (Phi) is 3.41. The van der Waals surface area contributed by atoms with Crippen LogP contribution in [0.25, 0.3) is 0 Å². The van der Waals surface area contributed by atoms with Gasteiger partial charge in [0.1, 0.15) is 6.61 Å². The molecule has 0 bridgehead atoms. The van der Waals surface area contributed by atoms with Crippen LogP contribution in [0.2, 0.25) is 0 Å². The topological polar surface area (TPSA) is 72.5 Å². The van der Waals surface area contributed by atoms with Gasteiger partial charge in [0.2, 0.25) is 5.91 Å². The predicted octanol–water partition coefficient (Wildman–Crippen LogP) is 1.39. The third kappa shape index (κ3) is 2.74. The lowest BCUT2D eigenvalue weighted by atomic mass is 9.97. The fourth-order valence-corrected chi connectivity index (χ4v) is 1.84. The summed E-state index contributed by atoms with van der Waals surface area (Å²) in [6.07, 6.45) is 0.145. The maximum atomic E-state index is 12.0. The smallest absolute Gasteiger partial charge is 0.306 e. The van der Waals surface area contributed by atoms with E-state index in [1.165, 1.54) is 6.92 Å². The lowest BCUT2D eigenvalue weighted by Crippen LogP contribution is -2.14. The molecule has 1 aliphatic heterocycles. The van der Waals surface area contributed by atoms with Crippen molar-refractivity contribution in [3.05, 3.63) is 29.8 Å². The number of Topliss-reactive ketones (excluding diaryl/α,β-unsaturated/α-hetero) is 1. The van der Waals surface area contributed by atoms with Crippen molar-refractivity contribution in [2.45, 2.75) is 13.3 Å². The number of ether oxygens (including phenoxy) is 1. The van der Waals surface area contributed by atoms with Crippen molar-refractivity contribution >= 4 is 23.3 Å². The number of hydrogen-bond donors (Lipinski definition) is 1. The number of ketones is 1. The molecule has 0 saturated carbocycles. The number of nitrogens with one attached hydrogen (secondary N) is 1. The van der Waals surface area contributed by atoms with Gasteiger partial charge in [-0.15, -0.1) is 0 Å². The molecule has 1 aliphatic rings. The number of carbonyl (C=O) groups excluding carboxylic acids is 3. The Morgan fingerprint density at radius 1 is 1.28 bits per heavy atom. The molecule has 0 aliphatic carbocycles. The van der Waals surface area contributed by atoms with Crippen molar-refractivity contribution in [1.29, 1.82) is 0 Å². The molecule has 1 atom stereocenters. The van der Waals surface area contributed by atoms with Crippen LogP contribution in [-0.4, -0.2) is 24.3 Å². The lowest BCUT2D eigenvalue weighted by molar-refractivity contribution is -0.137. The summed E-state index contributed by atoms with van der Waals surface area (Å²) in [5, 5.41) is 2.62. The van der Waals surface area contributed by atoms with Gasteiger partial charge in [-0.3, -0.25) is 14.4 Å². The number of amides is 1. The standard InChI is InChI=1S/C13H13NO4/c1-8(15)14-11-4-2-9(3-5-11)13(17)10-6-12(16)18-7-10/h2-5,10H,6-7H2,1H3,(H,14,15). The number of carbonyl (C=O) groups is 3. The number of rotatable bonds is 3. The van der Waals surface area contributed by atoms with E-state index in [-0.39, 0.29) is 36.6 Å². The average molecular weight is 247 g/mol. The quantitative estimate of drug-likeness (QED) is 0.647. The van der Waals surface area contributed by atoms with Crippen molar-refractivity contribution in [3.63, 3.8) is 0 Å². The Hall–Kier alpha value is -2.17. The van der Waals surface area contributed by atoms with Gasteiger partial charge in [0.15, 0.2) is 5.78 Å². The van der Waals surface area contributed by atoms with Gasteiger partial charge in [0, 0.05) is 18.2 Å². The second-order valence-corrected chi connectivity index (χ2v) is 4.21. The van der Waals surface area contributed by atoms with Gasteiger partial charge in [0.05, 0.1) is 12.3 Å². The molecule has 5 heteroatoms. The molecular weight excluding hydrogens is 234 g/mol. The summed E-state index contributed by atoms with van der Waals surface area (Å²) in [5.74, 6) is -0.980. The maximum absolute atomic E-state index is 12.0. The zero-order valence-electron chi connectivity index (χ0n) is 9.93. The summed E-state index contributed by atoms with van der Waals surface area (Å²) in [5.41, 5.74) is 1.16. The van der Waals surface area contributed by atoms with Crippen LogP contribution in [0.15, 0.2) is 24.3 Å². The van der Waals surface area contributed by atoms with E-state index in [9.17, 15) is 14.4 Å². The highest BCUT2D eigenvalue weighted by Gasteiger charge is 2.30. The molecule has 5 nitrogen and oxygen atoms in total. The lowest BCUT2D eigenvalue weighted by Gasteiger charge is -2.06. The Bertz CT molecular complexity index is 492. The molecule has 1 aromatic carbocycles. The summed E-state index contributed by atoms with van der Waals surface area (Å²) < 4.78 is 4.77. The second-order valence-electron chi connectivity index (χ2n) is 4.21. The minimum atomic E-state index is -0.385. The van der Waals surface area contributed by atoms with Gasteiger partial charge in [-0.1, -0.05) is 0 Å². The fourth-order valence-electron chi connectivity index (χ4n) is 1.84. The summed E-state index contributed by atoms with van der Waals surface area (Å²) in [6, 6.07) is 6.59. The van der Waals surface area contributed by atoms with Gasteiger partial charge < -0.3 is 10.1 Å². The monoisotopic (exact) mass is 247 g/mol. The van der Waals surface area contributed by atoms with Crippen LogP contribution >= 0.6 is 0 Å². The first kappa shape index (κ1) is 12.3. The minimum Gasteiger partial charge on any atom is -0.465 e. The van der Waals surface area contributed by atoms with Crippen LogP contribution in [0.5, 0.6) is 0 Å². The SMILES string of the molecule is CC(=O)Nc1ccc(C(=O)C2COC(=O)C2)cc1. The summed E-state index contributed by atoms with van der Waals surface area (Å²) in [7, 11) is 0. The number of anilines is 1. The molecule has 1 fully saturated rings. The fraction of sp³-hybridized carbons (Fsp3) is 0.308. The third-order valence-electron chi connectivity index (χ3n) is 2.72. The maximum Gasteiger partial charge on any atom is 0.306 e. The first-order chi connectivity index (χ1) is 8.56. The first-order valence-electron chi connectivity index (χ1n) is 5.64. The van der Waals surface area contributed by atoms with E-state index < -0.39 is 0 Å². The molecule has 94 valence electrons. The van der Waals surface area contributed by atoms with E-state index in [1.807, 2.05) is 0 Å². The zero-order chi connectivity index (χ0) is 13.1. The van der Waals surface area contributed by atoms with E-state index in [4.69, 9.17) is 4.74 Å². The van der Waals surface area contributed by atoms with Crippen molar-refractivity contribution in [3.8, 4) is 0 Å². The molecule has 1 N–H and O–H groups in total. The molecule has 1 amide bonds. The molecule has 1 unspecified atom stereocenters. The summed E-state index contributed by atoms with van der Waals surface area (Å²) in [6.45, 7) is 1.58. The molecule has 1 heterocycles. The molecule has 0 radical (unpaired) electrons. The van der Waals surface area contributed by atoms with E-state index in [1.54, 1.807) is 24.3 Å². The molecule has 0 spiro atoms. The van der Waals surface area contributed by atoms with Gasteiger partial charge in [-0.05, 0) is 24.3 Å². The van der Waals surface area contributed by atoms with Gasteiger partial charge >= 0.3 is 5.97 Å². The van der Waals surface area contributed by atoms with Crippen LogP contribution in [-0.2, 0) is 14.3 Å². The highest BCUT2D eigenvalue weighted by molar-refractivity contribution is 6.01. The zero-order valence-corrected chi connectivity index (χ0v) is 9.93. The molecule has 1 aromatic rings. The van der Waals surface area contributed by atoms with Gasteiger partial charge in [-0.2, -0.15) is 0 Å². The Morgan fingerprint density at radius 2 is 1.94 bits per heavy atom. The van der Waals surface area contributed by atoms with Crippen LogP contribution in [0, 0.1) is 5.92 Å². The van der Waals surface area contributed by atoms with Gasteiger partial charge in [-0.25, -0.2) is 0 Å². The Labute approximate surface area is 104 Å². The average Bonchev–Trinajstić information content (AvgIpc) is 2.75. The number of benzene rings is 1. The number of hydrogen-bond acceptors (Lipinski definition) is 4. The van der Waals surface area contributed by atoms with Gasteiger partial charge in [0.25, 0.3) is 0 Å². The normalized spacial score (nSPS) is 18.3. The van der Waals surface area contributed by atoms with E-state index in [2.05, 4.69) is 5.32 Å². The molecule has 2 rings (SSSR count). The minimum absolute atomic E-state index is 0.102. The van der Waals surface area contributed by atoms with E-state index in [0.717, 1.165) is 0 Å². The summed E-state index contributed by atoms with van der Waals surface area (Å²) in [4.78, 5) is 33.8. The van der Waals surface area contributed by atoms with Crippen molar-refractivity contribution < 1.29 is 19.1 Å². The second kappa shape index (κ2) is 5.00. The highest BCUT2D eigenvalue weighted by Crippen LogP contribution is 2.20. The number of esters is 1. The number of cyclic esters (lactones) is 1. The largest absolute Gasteiger partial charge is 0.465 e. The first-order valence-corrected chi connectivity index (χ1v) is 5.64. The molecular formula is C13H13NO4. The van der Waals surface area contributed by atoms with Crippen LogP contribution in [0.1, 0.15) is 23.7 Å². The van der Waals surface area contributed by atoms with Crippen molar-refractivity contribution in [1.82, 2.24) is 0 Å². The van der Waals surface area contributed by atoms with Crippen LogP contribution in [0.4, 0.5) is 5.69 Å². The third-order valence-corrected chi connectivity index (χ3v) is 2.72. The van der Waals surface area contributed by atoms with E-state index in [0.29, 0.717) is 11.3 Å². The molecule has 18 heavy (non-hydrogen) atoms.